The summed E-state index contributed by atoms with van der Waals surface area (Å²) in [4.78, 5) is 54.7. The third-order valence-electron chi connectivity index (χ3n) is 7.36. The van der Waals surface area contributed by atoms with E-state index in [9.17, 15) is 14.4 Å². The second-order valence-corrected chi connectivity index (χ2v) is 9.47. The smallest absolute Gasteiger partial charge is 0.256 e. The molecule has 1 N–H and O–H groups in total. The molecule has 1 unspecified atom stereocenters. The van der Waals surface area contributed by atoms with Crippen LogP contribution in [0.2, 0.25) is 0 Å². The zero-order valence-corrected chi connectivity index (χ0v) is 19.0. The summed E-state index contributed by atoms with van der Waals surface area (Å²) in [5.74, 6) is 0.784. The van der Waals surface area contributed by atoms with Crippen molar-refractivity contribution in [2.24, 2.45) is 5.92 Å². The van der Waals surface area contributed by atoms with E-state index in [0.717, 1.165) is 50.6 Å². The molecule has 2 aromatic heterocycles. The van der Waals surface area contributed by atoms with E-state index in [1.165, 1.54) is 6.42 Å². The Labute approximate surface area is 193 Å². The number of carbonyl (C=O) groups is 2. The van der Waals surface area contributed by atoms with Gasteiger partial charge in [-0.25, -0.2) is 4.98 Å². The largest absolute Gasteiger partial charge is 0.337 e. The van der Waals surface area contributed by atoms with Crippen molar-refractivity contribution in [1.82, 2.24) is 24.8 Å². The SMILES string of the molecule is O=C(C1CCCCC1)N1CCc2nc(C3CCCCN3C(=O)c3ccncc3)[nH]c(=O)c2C1. The van der Waals surface area contributed by atoms with E-state index in [1.807, 2.05) is 9.80 Å². The van der Waals surface area contributed by atoms with Crippen LogP contribution in [0.25, 0.3) is 0 Å². The van der Waals surface area contributed by atoms with Gasteiger partial charge in [-0.3, -0.25) is 19.4 Å². The summed E-state index contributed by atoms with van der Waals surface area (Å²) in [6, 6.07) is 3.18. The van der Waals surface area contributed by atoms with Crippen molar-refractivity contribution >= 4 is 11.8 Å². The lowest BCUT2D eigenvalue weighted by Crippen LogP contribution is -2.44. The van der Waals surface area contributed by atoms with Crippen LogP contribution >= 0.6 is 0 Å². The highest BCUT2D eigenvalue weighted by atomic mass is 16.2. The van der Waals surface area contributed by atoms with Gasteiger partial charge < -0.3 is 14.8 Å². The molecule has 4 heterocycles. The maximum Gasteiger partial charge on any atom is 0.256 e. The Hall–Kier alpha value is -3.03. The molecule has 174 valence electrons. The topological polar surface area (TPSA) is 99.3 Å². The average Bonchev–Trinajstić information content (AvgIpc) is 2.88. The number of hydrogen-bond acceptors (Lipinski definition) is 5. The molecular weight excluding hydrogens is 418 g/mol. The molecular formula is C25H31N5O3. The fourth-order valence-corrected chi connectivity index (χ4v) is 5.52. The third kappa shape index (κ3) is 4.43. The quantitative estimate of drug-likeness (QED) is 0.777. The summed E-state index contributed by atoms with van der Waals surface area (Å²) in [5, 5.41) is 0. The number of carbonyl (C=O) groups excluding carboxylic acids is 2. The van der Waals surface area contributed by atoms with Crippen LogP contribution < -0.4 is 5.56 Å². The van der Waals surface area contributed by atoms with E-state index >= 15 is 0 Å². The minimum Gasteiger partial charge on any atom is -0.337 e. The van der Waals surface area contributed by atoms with Gasteiger partial charge in [0, 0.05) is 43.4 Å². The van der Waals surface area contributed by atoms with Crippen LogP contribution in [-0.2, 0) is 17.8 Å². The Bertz CT molecular complexity index is 1080. The molecule has 2 fully saturated rings. The molecule has 1 saturated heterocycles. The number of H-pyrrole nitrogens is 1. The second kappa shape index (κ2) is 9.45. The molecule has 5 rings (SSSR count). The Morgan fingerprint density at radius 2 is 1.73 bits per heavy atom. The van der Waals surface area contributed by atoms with Gasteiger partial charge in [-0.2, -0.15) is 0 Å². The van der Waals surface area contributed by atoms with Crippen LogP contribution in [0, 0.1) is 5.92 Å². The molecule has 2 aromatic rings. The number of rotatable bonds is 3. The molecule has 0 bridgehead atoms. The number of likely N-dealkylation sites (tertiary alicyclic amines) is 1. The molecule has 1 aliphatic carbocycles. The number of nitrogens with one attached hydrogen (secondary N) is 1. The number of amides is 2. The predicted octanol–water partition coefficient (Wildman–Crippen LogP) is 3.00. The number of nitrogens with zero attached hydrogens (tertiary/aromatic N) is 4. The molecule has 1 saturated carbocycles. The van der Waals surface area contributed by atoms with Gasteiger partial charge in [-0.05, 0) is 44.2 Å². The monoisotopic (exact) mass is 449 g/mol. The van der Waals surface area contributed by atoms with Crippen LogP contribution in [-0.4, -0.2) is 49.7 Å². The summed E-state index contributed by atoms with van der Waals surface area (Å²) >= 11 is 0. The van der Waals surface area contributed by atoms with Gasteiger partial charge in [0.1, 0.15) is 5.82 Å². The van der Waals surface area contributed by atoms with Crippen molar-refractivity contribution in [2.45, 2.75) is 70.4 Å². The van der Waals surface area contributed by atoms with Crippen LogP contribution in [0.15, 0.2) is 29.3 Å². The first-order valence-corrected chi connectivity index (χ1v) is 12.2. The number of pyridine rings is 1. The zero-order chi connectivity index (χ0) is 22.8. The molecule has 2 amide bonds. The van der Waals surface area contributed by atoms with Crippen LogP contribution in [0.4, 0.5) is 0 Å². The van der Waals surface area contributed by atoms with Crippen molar-refractivity contribution in [3.8, 4) is 0 Å². The van der Waals surface area contributed by atoms with Gasteiger partial charge in [-0.1, -0.05) is 19.3 Å². The Morgan fingerprint density at radius 1 is 0.970 bits per heavy atom. The minimum absolute atomic E-state index is 0.0632. The lowest BCUT2D eigenvalue weighted by Gasteiger charge is -2.36. The van der Waals surface area contributed by atoms with Crippen molar-refractivity contribution < 1.29 is 9.59 Å². The molecule has 0 radical (unpaired) electrons. The number of fused-ring (bicyclic) bond motifs is 1. The number of piperidine rings is 1. The Kier molecular flexibility index (Phi) is 6.24. The average molecular weight is 450 g/mol. The summed E-state index contributed by atoms with van der Waals surface area (Å²) in [5.41, 5.74) is 1.77. The first-order chi connectivity index (χ1) is 16.1. The second-order valence-electron chi connectivity index (χ2n) is 9.47. The summed E-state index contributed by atoms with van der Waals surface area (Å²) < 4.78 is 0. The van der Waals surface area contributed by atoms with E-state index in [1.54, 1.807) is 24.5 Å². The fraction of sp³-hybridized carbons (Fsp3) is 0.560. The lowest BCUT2D eigenvalue weighted by molar-refractivity contribution is -0.137. The standard InChI is InChI=1S/C25H31N5O3/c31-23-19-16-29(24(32)17-6-2-1-3-7-17)15-11-20(19)27-22(28-23)21-8-4-5-14-30(21)25(33)18-9-12-26-13-10-18/h9-10,12-13,17,21H,1-8,11,14-16H2,(H,27,28,31). The number of aromatic amines is 1. The fourth-order valence-electron chi connectivity index (χ4n) is 5.52. The zero-order valence-electron chi connectivity index (χ0n) is 19.0. The van der Waals surface area contributed by atoms with Gasteiger partial charge in [0.25, 0.3) is 11.5 Å². The molecule has 0 spiro atoms. The van der Waals surface area contributed by atoms with Gasteiger partial charge in [0.2, 0.25) is 5.91 Å². The van der Waals surface area contributed by atoms with E-state index in [0.29, 0.717) is 43.0 Å². The van der Waals surface area contributed by atoms with Gasteiger partial charge >= 0.3 is 0 Å². The number of aromatic nitrogens is 3. The minimum atomic E-state index is -0.251. The summed E-state index contributed by atoms with van der Waals surface area (Å²) in [7, 11) is 0. The first-order valence-electron chi connectivity index (χ1n) is 12.2. The molecule has 2 aliphatic heterocycles. The van der Waals surface area contributed by atoms with Crippen LogP contribution in [0.1, 0.15) is 84.8 Å². The third-order valence-corrected chi connectivity index (χ3v) is 7.36. The predicted molar refractivity (Wildman–Crippen MR) is 122 cm³/mol. The van der Waals surface area contributed by atoms with Gasteiger partial charge in [0.05, 0.1) is 23.8 Å². The normalized spacial score (nSPS) is 21.5. The highest BCUT2D eigenvalue weighted by molar-refractivity contribution is 5.94. The Balaban J connectivity index is 1.37. The highest BCUT2D eigenvalue weighted by Crippen LogP contribution is 2.31. The molecule has 1 atom stereocenters. The van der Waals surface area contributed by atoms with Crippen molar-refractivity contribution in [3.05, 3.63) is 57.5 Å². The van der Waals surface area contributed by atoms with Crippen LogP contribution in [0.3, 0.4) is 0 Å². The van der Waals surface area contributed by atoms with E-state index in [2.05, 4.69) is 9.97 Å². The molecule has 3 aliphatic rings. The van der Waals surface area contributed by atoms with E-state index in [-0.39, 0.29) is 29.3 Å². The van der Waals surface area contributed by atoms with E-state index in [4.69, 9.17) is 4.98 Å². The number of hydrogen-bond donors (Lipinski definition) is 1. The highest BCUT2D eigenvalue weighted by Gasteiger charge is 2.33. The van der Waals surface area contributed by atoms with Crippen molar-refractivity contribution in [2.75, 3.05) is 13.1 Å². The summed E-state index contributed by atoms with van der Waals surface area (Å²) in [6.07, 6.45) is 11.8. The maximum atomic E-state index is 13.2. The summed E-state index contributed by atoms with van der Waals surface area (Å²) in [6.45, 7) is 1.57. The van der Waals surface area contributed by atoms with E-state index < -0.39 is 0 Å². The first kappa shape index (κ1) is 21.8. The maximum absolute atomic E-state index is 13.2. The Morgan fingerprint density at radius 3 is 2.52 bits per heavy atom. The van der Waals surface area contributed by atoms with Gasteiger partial charge in [0.15, 0.2) is 0 Å². The lowest BCUT2D eigenvalue weighted by atomic mass is 9.88. The van der Waals surface area contributed by atoms with Gasteiger partial charge in [-0.15, -0.1) is 0 Å². The van der Waals surface area contributed by atoms with Crippen molar-refractivity contribution in [3.63, 3.8) is 0 Å². The molecule has 33 heavy (non-hydrogen) atoms. The molecule has 8 nitrogen and oxygen atoms in total. The molecule has 8 heteroatoms. The van der Waals surface area contributed by atoms with Crippen LogP contribution in [0.5, 0.6) is 0 Å². The molecule has 0 aromatic carbocycles. The van der Waals surface area contributed by atoms with Crippen molar-refractivity contribution in [1.29, 1.82) is 0 Å².